The standard InChI is InChI=1S/C18H29NO2.ClH/c1-14-9-10-15(2)18(11-14)21-13-17(20)12-19(3)16-7-5-4-6-8-16;/h9-11,16-17,20H,4-8,12-13H2,1-3H3;1H. The number of halogens is 1. The van der Waals surface area contributed by atoms with Crippen LogP contribution in [0.15, 0.2) is 18.2 Å². The van der Waals surface area contributed by atoms with Crippen molar-refractivity contribution in [3.8, 4) is 5.75 Å². The lowest BCUT2D eigenvalue weighted by Crippen LogP contribution is -2.40. The van der Waals surface area contributed by atoms with Gasteiger partial charge in [0.2, 0.25) is 0 Å². The number of rotatable bonds is 6. The number of nitrogens with zero attached hydrogens (tertiary/aromatic N) is 1. The summed E-state index contributed by atoms with van der Waals surface area (Å²) >= 11 is 0. The maximum Gasteiger partial charge on any atom is 0.122 e. The zero-order valence-electron chi connectivity index (χ0n) is 14.0. The van der Waals surface area contributed by atoms with Crippen LogP contribution in [-0.4, -0.2) is 42.4 Å². The first kappa shape index (κ1) is 19.3. The van der Waals surface area contributed by atoms with Crippen molar-refractivity contribution in [1.29, 1.82) is 0 Å². The second-order valence-corrected chi connectivity index (χ2v) is 6.47. The summed E-state index contributed by atoms with van der Waals surface area (Å²) in [7, 11) is 2.12. The van der Waals surface area contributed by atoms with E-state index in [1.807, 2.05) is 13.0 Å². The average molecular weight is 328 g/mol. The van der Waals surface area contributed by atoms with Gasteiger partial charge in [0, 0.05) is 12.6 Å². The summed E-state index contributed by atoms with van der Waals surface area (Å²) < 4.78 is 5.79. The number of hydrogen-bond acceptors (Lipinski definition) is 3. The van der Waals surface area contributed by atoms with Crippen LogP contribution in [0.3, 0.4) is 0 Å². The zero-order valence-corrected chi connectivity index (χ0v) is 14.9. The molecule has 0 aliphatic heterocycles. The van der Waals surface area contributed by atoms with Crippen molar-refractivity contribution in [3.63, 3.8) is 0 Å². The van der Waals surface area contributed by atoms with Crippen molar-refractivity contribution in [2.24, 2.45) is 0 Å². The van der Waals surface area contributed by atoms with E-state index in [1.54, 1.807) is 0 Å². The van der Waals surface area contributed by atoms with E-state index < -0.39 is 6.10 Å². The SMILES string of the molecule is Cc1ccc(C)c(OCC(O)CN(C)C2CCCCC2)c1.Cl. The number of likely N-dealkylation sites (N-methyl/N-ethyl adjacent to an activating group) is 1. The molecule has 0 amide bonds. The van der Waals surface area contributed by atoms with E-state index in [0.717, 1.165) is 11.3 Å². The highest BCUT2D eigenvalue weighted by Crippen LogP contribution is 2.22. The van der Waals surface area contributed by atoms with Crippen LogP contribution >= 0.6 is 12.4 Å². The van der Waals surface area contributed by atoms with Gasteiger partial charge < -0.3 is 14.7 Å². The highest BCUT2D eigenvalue weighted by Gasteiger charge is 2.20. The Hall–Kier alpha value is -0.770. The van der Waals surface area contributed by atoms with Crippen LogP contribution < -0.4 is 4.74 Å². The Labute approximate surface area is 141 Å². The Kier molecular flexibility index (Phi) is 8.23. The molecule has 1 aliphatic carbocycles. The summed E-state index contributed by atoms with van der Waals surface area (Å²) in [5, 5.41) is 10.2. The molecule has 4 heteroatoms. The van der Waals surface area contributed by atoms with Crippen molar-refractivity contribution in [3.05, 3.63) is 29.3 Å². The van der Waals surface area contributed by atoms with E-state index in [9.17, 15) is 5.11 Å². The Bertz CT molecular complexity index is 447. The summed E-state index contributed by atoms with van der Waals surface area (Å²) in [5.74, 6) is 0.884. The Balaban J connectivity index is 0.00000242. The fraction of sp³-hybridized carbons (Fsp3) is 0.667. The first-order valence-electron chi connectivity index (χ1n) is 8.14. The summed E-state index contributed by atoms with van der Waals surface area (Å²) in [6.45, 7) is 5.14. The molecule has 1 unspecified atom stereocenters. The van der Waals surface area contributed by atoms with Gasteiger partial charge in [-0.1, -0.05) is 31.4 Å². The van der Waals surface area contributed by atoms with Gasteiger partial charge in [0.15, 0.2) is 0 Å². The number of hydrogen-bond donors (Lipinski definition) is 1. The van der Waals surface area contributed by atoms with E-state index in [2.05, 4.69) is 31.0 Å². The third-order valence-corrected chi connectivity index (χ3v) is 4.47. The number of benzene rings is 1. The molecule has 22 heavy (non-hydrogen) atoms. The molecule has 0 spiro atoms. The molecule has 1 N–H and O–H groups in total. The lowest BCUT2D eigenvalue weighted by molar-refractivity contribution is 0.0559. The summed E-state index contributed by atoms with van der Waals surface area (Å²) in [4.78, 5) is 2.30. The van der Waals surface area contributed by atoms with Crippen molar-refractivity contribution in [2.45, 2.75) is 58.1 Å². The topological polar surface area (TPSA) is 32.7 Å². The van der Waals surface area contributed by atoms with Gasteiger partial charge in [-0.15, -0.1) is 12.4 Å². The molecule has 1 aromatic rings. The first-order valence-corrected chi connectivity index (χ1v) is 8.14. The minimum Gasteiger partial charge on any atom is -0.491 e. The molecule has 0 radical (unpaired) electrons. The number of aliphatic hydroxyl groups excluding tert-OH is 1. The van der Waals surface area contributed by atoms with Crippen LogP contribution in [0.4, 0.5) is 0 Å². The molecule has 1 aromatic carbocycles. The molecule has 0 bridgehead atoms. The van der Waals surface area contributed by atoms with Gasteiger partial charge in [-0.2, -0.15) is 0 Å². The summed E-state index contributed by atoms with van der Waals surface area (Å²) in [6, 6.07) is 6.81. The molecule has 0 saturated heterocycles. The Morgan fingerprint density at radius 2 is 1.91 bits per heavy atom. The lowest BCUT2D eigenvalue weighted by atomic mass is 9.94. The monoisotopic (exact) mass is 327 g/mol. The first-order chi connectivity index (χ1) is 10.1. The molecule has 2 rings (SSSR count). The van der Waals surface area contributed by atoms with E-state index in [1.165, 1.54) is 37.7 Å². The van der Waals surface area contributed by atoms with Crippen molar-refractivity contribution >= 4 is 12.4 Å². The average Bonchev–Trinajstić information content (AvgIpc) is 2.49. The van der Waals surface area contributed by atoms with E-state index in [0.29, 0.717) is 19.2 Å². The number of aryl methyl sites for hydroxylation is 2. The summed E-state index contributed by atoms with van der Waals surface area (Å²) in [6.07, 6.45) is 6.11. The second kappa shape index (κ2) is 9.39. The van der Waals surface area contributed by atoms with Crippen LogP contribution in [0.1, 0.15) is 43.2 Å². The van der Waals surface area contributed by atoms with Gasteiger partial charge >= 0.3 is 0 Å². The number of aliphatic hydroxyl groups is 1. The Morgan fingerprint density at radius 3 is 2.59 bits per heavy atom. The molecule has 1 aliphatic rings. The third-order valence-electron chi connectivity index (χ3n) is 4.47. The van der Waals surface area contributed by atoms with Crippen molar-refractivity contribution in [2.75, 3.05) is 20.2 Å². The van der Waals surface area contributed by atoms with Gasteiger partial charge in [0.1, 0.15) is 18.5 Å². The molecule has 1 atom stereocenters. The predicted octanol–water partition coefficient (Wildman–Crippen LogP) is 3.73. The quantitative estimate of drug-likeness (QED) is 0.864. The molecule has 0 heterocycles. The molecule has 1 saturated carbocycles. The third kappa shape index (κ3) is 5.79. The predicted molar refractivity (Wildman–Crippen MR) is 94.2 cm³/mol. The lowest BCUT2D eigenvalue weighted by Gasteiger charge is -2.32. The van der Waals surface area contributed by atoms with Gasteiger partial charge in [0.25, 0.3) is 0 Å². The maximum absolute atomic E-state index is 10.2. The molecular formula is C18H30ClNO2. The highest BCUT2D eigenvalue weighted by atomic mass is 35.5. The fourth-order valence-electron chi connectivity index (χ4n) is 3.10. The van der Waals surface area contributed by atoms with Gasteiger partial charge in [0.05, 0.1) is 0 Å². The minimum absolute atomic E-state index is 0. The highest BCUT2D eigenvalue weighted by molar-refractivity contribution is 5.85. The largest absolute Gasteiger partial charge is 0.491 e. The molecule has 126 valence electrons. The second-order valence-electron chi connectivity index (χ2n) is 6.47. The normalized spacial score (nSPS) is 17.1. The van der Waals surface area contributed by atoms with E-state index in [4.69, 9.17) is 4.74 Å². The van der Waals surface area contributed by atoms with Crippen LogP contribution in [0, 0.1) is 13.8 Å². The number of ether oxygens (including phenoxy) is 1. The molecule has 0 aromatic heterocycles. The maximum atomic E-state index is 10.2. The van der Waals surface area contributed by atoms with Crippen LogP contribution in [-0.2, 0) is 0 Å². The van der Waals surface area contributed by atoms with Gasteiger partial charge in [-0.25, -0.2) is 0 Å². The van der Waals surface area contributed by atoms with Gasteiger partial charge in [-0.05, 0) is 50.9 Å². The molecule has 1 fully saturated rings. The Morgan fingerprint density at radius 1 is 1.23 bits per heavy atom. The summed E-state index contributed by atoms with van der Waals surface area (Å²) in [5.41, 5.74) is 2.30. The fourth-order valence-corrected chi connectivity index (χ4v) is 3.10. The molecule has 3 nitrogen and oxygen atoms in total. The molecular weight excluding hydrogens is 298 g/mol. The van der Waals surface area contributed by atoms with E-state index >= 15 is 0 Å². The van der Waals surface area contributed by atoms with Crippen LogP contribution in [0.25, 0.3) is 0 Å². The zero-order chi connectivity index (χ0) is 15.2. The minimum atomic E-state index is -0.433. The van der Waals surface area contributed by atoms with Crippen LogP contribution in [0.2, 0.25) is 0 Å². The smallest absolute Gasteiger partial charge is 0.122 e. The van der Waals surface area contributed by atoms with Crippen molar-refractivity contribution in [1.82, 2.24) is 4.90 Å². The van der Waals surface area contributed by atoms with E-state index in [-0.39, 0.29) is 12.4 Å². The van der Waals surface area contributed by atoms with Crippen molar-refractivity contribution < 1.29 is 9.84 Å². The van der Waals surface area contributed by atoms with Gasteiger partial charge in [-0.3, -0.25) is 0 Å². The van der Waals surface area contributed by atoms with Crippen LogP contribution in [0.5, 0.6) is 5.75 Å².